The molecule has 0 saturated heterocycles. The highest BCUT2D eigenvalue weighted by Gasteiger charge is 2.01. The van der Waals surface area contributed by atoms with Gasteiger partial charge in [0.15, 0.2) is 0 Å². The third kappa shape index (κ3) is 18.6. The standard InChI is InChI=1S/C22H40O8S/c1-23-9-11-27-17-19-29-15-13-25-7-5-21-3-4-22(31-21)6-8-26-14-16-30-20-18-28-12-10-24-2/h3-4H,5-20H2,1-2H3. The van der Waals surface area contributed by atoms with Gasteiger partial charge in [-0.2, -0.15) is 0 Å². The van der Waals surface area contributed by atoms with Crippen molar-refractivity contribution in [2.75, 3.05) is 107 Å². The van der Waals surface area contributed by atoms with Crippen molar-refractivity contribution in [3.8, 4) is 0 Å². The van der Waals surface area contributed by atoms with Crippen LogP contribution in [0.1, 0.15) is 9.75 Å². The predicted molar refractivity (Wildman–Crippen MR) is 120 cm³/mol. The fourth-order valence-corrected chi connectivity index (χ4v) is 3.38. The first-order valence-corrected chi connectivity index (χ1v) is 11.7. The van der Waals surface area contributed by atoms with E-state index in [2.05, 4.69) is 12.1 Å². The summed E-state index contributed by atoms with van der Waals surface area (Å²) in [4.78, 5) is 2.67. The van der Waals surface area contributed by atoms with E-state index in [-0.39, 0.29) is 0 Å². The Morgan fingerprint density at radius 1 is 0.452 bits per heavy atom. The van der Waals surface area contributed by atoms with Crippen LogP contribution >= 0.6 is 11.3 Å². The molecule has 0 saturated carbocycles. The Hall–Kier alpha value is -0.620. The minimum Gasteiger partial charge on any atom is -0.382 e. The van der Waals surface area contributed by atoms with Crippen molar-refractivity contribution < 1.29 is 37.9 Å². The highest BCUT2D eigenvalue weighted by Crippen LogP contribution is 2.17. The zero-order chi connectivity index (χ0) is 22.2. The fraction of sp³-hybridized carbons (Fsp3) is 0.818. The molecule has 0 bridgehead atoms. The second-order valence-electron chi connectivity index (χ2n) is 6.53. The van der Waals surface area contributed by atoms with Gasteiger partial charge in [-0.3, -0.25) is 0 Å². The Morgan fingerprint density at radius 3 is 1.06 bits per heavy atom. The molecule has 0 aromatic carbocycles. The van der Waals surface area contributed by atoms with E-state index in [1.54, 1.807) is 14.2 Å². The summed E-state index contributed by atoms with van der Waals surface area (Å²) in [5, 5.41) is 0. The van der Waals surface area contributed by atoms with E-state index in [1.807, 2.05) is 11.3 Å². The molecular weight excluding hydrogens is 424 g/mol. The third-order valence-electron chi connectivity index (χ3n) is 4.05. The Morgan fingerprint density at radius 2 is 0.742 bits per heavy atom. The molecule has 0 aliphatic heterocycles. The van der Waals surface area contributed by atoms with Gasteiger partial charge in [0, 0.05) is 36.8 Å². The molecule has 1 heterocycles. The number of hydrogen-bond acceptors (Lipinski definition) is 9. The lowest BCUT2D eigenvalue weighted by molar-refractivity contribution is 0.00410. The summed E-state index contributed by atoms with van der Waals surface area (Å²) in [6, 6.07) is 4.34. The van der Waals surface area contributed by atoms with Gasteiger partial charge in [0.1, 0.15) is 0 Å². The minimum absolute atomic E-state index is 0.582. The Balaban J connectivity index is 1.86. The zero-order valence-corrected chi connectivity index (χ0v) is 20.0. The second-order valence-corrected chi connectivity index (χ2v) is 7.78. The molecule has 0 fully saturated rings. The first-order chi connectivity index (χ1) is 15.4. The molecule has 1 rings (SSSR count). The van der Waals surface area contributed by atoms with Crippen LogP contribution in [0.3, 0.4) is 0 Å². The molecule has 182 valence electrons. The lowest BCUT2D eigenvalue weighted by atomic mass is 10.3. The fourth-order valence-electron chi connectivity index (χ4n) is 2.40. The van der Waals surface area contributed by atoms with Gasteiger partial charge in [-0.15, -0.1) is 11.3 Å². The summed E-state index contributed by atoms with van der Waals surface area (Å²) >= 11 is 1.82. The molecule has 0 radical (unpaired) electrons. The van der Waals surface area contributed by atoms with Crippen molar-refractivity contribution in [1.82, 2.24) is 0 Å². The van der Waals surface area contributed by atoms with E-state index in [0.717, 1.165) is 12.8 Å². The molecule has 0 amide bonds. The number of ether oxygens (including phenoxy) is 8. The van der Waals surface area contributed by atoms with Crippen LogP contribution in [0.25, 0.3) is 0 Å². The summed E-state index contributed by atoms with van der Waals surface area (Å²) in [5.41, 5.74) is 0. The molecular formula is C22H40O8S. The molecule has 0 aliphatic carbocycles. The molecule has 1 aromatic heterocycles. The molecule has 0 aliphatic rings. The largest absolute Gasteiger partial charge is 0.382 e. The third-order valence-corrected chi connectivity index (χ3v) is 5.26. The molecule has 31 heavy (non-hydrogen) atoms. The highest BCUT2D eigenvalue weighted by molar-refractivity contribution is 7.11. The van der Waals surface area contributed by atoms with Crippen LogP contribution in [-0.2, 0) is 50.7 Å². The van der Waals surface area contributed by atoms with Gasteiger partial charge in [0.2, 0.25) is 0 Å². The first-order valence-electron chi connectivity index (χ1n) is 10.9. The summed E-state index contributed by atoms with van der Waals surface area (Å²) < 4.78 is 42.6. The van der Waals surface area contributed by atoms with Crippen LogP contribution in [0, 0.1) is 0 Å². The number of methoxy groups -OCH3 is 2. The molecule has 8 nitrogen and oxygen atoms in total. The smallest absolute Gasteiger partial charge is 0.0701 e. The summed E-state index contributed by atoms with van der Waals surface area (Å²) in [5.74, 6) is 0. The number of thiophene rings is 1. The van der Waals surface area contributed by atoms with Gasteiger partial charge >= 0.3 is 0 Å². The average Bonchev–Trinajstić information content (AvgIpc) is 3.23. The molecule has 0 N–H and O–H groups in total. The monoisotopic (exact) mass is 464 g/mol. The van der Waals surface area contributed by atoms with Crippen LogP contribution in [0.2, 0.25) is 0 Å². The highest BCUT2D eigenvalue weighted by atomic mass is 32.1. The maximum Gasteiger partial charge on any atom is 0.0701 e. The zero-order valence-electron chi connectivity index (χ0n) is 19.1. The average molecular weight is 465 g/mol. The molecule has 0 spiro atoms. The van der Waals surface area contributed by atoms with Gasteiger partial charge in [0.05, 0.1) is 92.5 Å². The molecule has 9 heteroatoms. The van der Waals surface area contributed by atoms with E-state index in [1.165, 1.54) is 9.75 Å². The lowest BCUT2D eigenvalue weighted by Crippen LogP contribution is -2.12. The van der Waals surface area contributed by atoms with Crippen LogP contribution in [0.4, 0.5) is 0 Å². The number of hydrogen-bond donors (Lipinski definition) is 0. The van der Waals surface area contributed by atoms with Gasteiger partial charge in [-0.25, -0.2) is 0 Å². The van der Waals surface area contributed by atoms with Crippen molar-refractivity contribution in [2.24, 2.45) is 0 Å². The minimum atomic E-state index is 0.582. The van der Waals surface area contributed by atoms with Crippen molar-refractivity contribution in [2.45, 2.75) is 12.8 Å². The van der Waals surface area contributed by atoms with Crippen LogP contribution in [0.15, 0.2) is 12.1 Å². The van der Waals surface area contributed by atoms with Gasteiger partial charge < -0.3 is 37.9 Å². The Bertz CT molecular complexity index is 445. The van der Waals surface area contributed by atoms with E-state index in [0.29, 0.717) is 92.5 Å². The first kappa shape index (κ1) is 28.4. The van der Waals surface area contributed by atoms with E-state index in [9.17, 15) is 0 Å². The summed E-state index contributed by atoms with van der Waals surface area (Å²) in [7, 11) is 3.32. The predicted octanol–water partition coefficient (Wildman–Crippen LogP) is 2.23. The van der Waals surface area contributed by atoms with Crippen molar-refractivity contribution in [1.29, 1.82) is 0 Å². The van der Waals surface area contributed by atoms with Crippen LogP contribution in [-0.4, -0.2) is 107 Å². The van der Waals surface area contributed by atoms with E-state index in [4.69, 9.17) is 37.9 Å². The molecule has 0 unspecified atom stereocenters. The van der Waals surface area contributed by atoms with Gasteiger partial charge in [-0.05, 0) is 12.1 Å². The van der Waals surface area contributed by atoms with Crippen LogP contribution < -0.4 is 0 Å². The summed E-state index contributed by atoms with van der Waals surface area (Å²) in [6.07, 6.45) is 1.85. The van der Waals surface area contributed by atoms with Crippen molar-refractivity contribution in [3.63, 3.8) is 0 Å². The quantitative estimate of drug-likeness (QED) is 0.216. The molecule has 0 atom stereocenters. The maximum absolute atomic E-state index is 5.63. The van der Waals surface area contributed by atoms with Gasteiger partial charge in [-0.1, -0.05) is 0 Å². The summed E-state index contributed by atoms with van der Waals surface area (Å²) in [6.45, 7) is 8.56. The van der Waals surface area contributed by atoms with E-state index < -0.39 is 0 Å². The topological polar surface area (TPSA) is 73.8 Å². The molecule has 1 aromatic rings. The maximum atomic E-state index is 5.63. The lowest BCUT2D eigenvalue weighted by Gasteiger charge is -2.06. The normalized spacial score (nSPS) is 11.4. The van der Waals surface area contributed by atoms with Crippen LogP contribution in [0.5, 0.6) is 0 Å². The van der Waals surface area contributed by atoms with Gasteiger partial charge in [0.25, 0.3) is 0 Å². The second kappa shape index (κ2) is 22.6. The Labute approximate surface area is 191 Å². The van der Waals surface area contributed by atoms with Crippen molar-refractivity contribution >= 4 is 11.3 Å². The Kier molecular flexibility index (Phi) is 20.7. The number of rotatable bonds is 24. The van der Waals surface area contributed by atoms with E-state index >= 15 is 0 Å². The SMILES string of the molecule is COCCOCCOCCOCCc1ccc(CCOCCOCCOCCOC)s1. The van der Waals surface area contributed by atoms with Crippen molar-refractivity contribution in [3.05, 3.63) is 21.9 Å².